The lowest BCUT2D eigenvalue weighted by Crippen LogP contribution is -1.90. The molecule has 0 saturated heterocycles. The van der Waals surface area contributed by atoms with E-state index < -0.39 is 0 Å². The Morgan fingerprint density at radius 1 is 1.06 bits per heavy atom. The van der Waals surface area contributed by atoms with Gasteiger partial charge >= 0.3 is 0 Å². The van der Waals surface area contributed by atoms with Crippen molar-refractivity contribution in [2.75, 3.05) is 0 Å². The summed E-state index contributed by atoms with van der Waals surface area (Å²) in [6.07, 6.45) is 0. The van der Waals surface area contributed by atoms with E-state index in [4.69, 9.17) is 27.9 Å². The molecule has 0 saturated carbocycles. The molecule has 3 heteroatoms. The summed E-state index contributed by atoms with van der Waals surface area (Å²) in [5.41, 5.74) is 2.01. The Kier molecular flexibility index (Phi) is 3.93. The molecule has 0 amide bonds. The Balaban J connectivity index is 2.29. The van der Waals surface area contributed by atoms with Crippen LogP contribution < -0.4 is 4.74 Å². The summed E-state index contributed by atoms with van der Waals surface area (Å²) in [6.45, 7) is 2.04. The Bertz CT molecular complexity index is 506. The van der Waals surface area contributed by atoms with E-state index >= 15 is 0 Å². The van der Waals surface area contributed by atoms with Crippen LogP contribution in [-0.2, 0) is 5.88 Å². The van der Waals surface area contributed by atoms with Crippen LogP contribution in [0.5, 0.6) is 11.5 Å². The highest BCUT2D eigenvalue weighted by molar-refractivity contribution is 6.32. The fraction of sp³-hybridized carbons (Fsp3) is 0.143. The zero-order chi connectivity index (χ0) is 12.3. The molecule has 0 aliphatic carbocycles. The molecule has 0 unspecified atom stereocenters. The molecular formula is C14H12Cl2O. The van der Waals surface area contributed by atoms with Crippen molar-refractivity contribution in [2.24, 2.45) is 0 Å². The van der Waals surface area contributed by atoms with Crippen molar-refractivity contribution in [3.8, 4) is 11.5 Å². The number of ether oxygens (including phenoxy) is 1. The van der Waals surface area contributed by atoms with E-state index in [0.29, 0.717) is 16.7 Å². The fourth-order valence-electron chi connectivity index (χ4n) is 1.50. The van der Waals surface area contributed by atoms with E-state index in [2.05, 4.69) is 0 Å². The van der Waals surface area contributed by atoms with Gasteiger partial charge in [0.15, 0.2) is 0 Å². The zero-order valence-electron chi connectivity index (χ0n) is 9.41. The summed E-state index contributed by atoms with van der Waals surface area (Å²) in [6, 6.07) is 13.4. The van der Waals surface area contributed by atoms with Crippen LogP contribution in [-0.4, -0.2) is 0 Å². The second kappa shape index (κ2) is 5.44. The molecule has 0 radical (unpaired) electrons. The average Bonchev–Trinajstić information content (AvgIpc) is 2.32. The standard InChI is InChI=1S/C14H12Cl2O/c1-10-5-7-11(8-6-10)17-14-4-2-3-13(16)12(14)9-15/h2-8H,9H2,1H3. The molecule has 0 spiro atoms. The molecular weight excluding hydrogens is 255 g/mol. The molecule has 0 aromatic heterocycles. The fourth-order valence-corrected chi connectivity index (χ4v) is 2.07. The van der Waals surface area contributed by atoms with E-state index in [0.717, 1.165) is 11.3 Å². The van der Waals surface area contributed by atoms with Gasteiger partial charge in [-0.3, -0.25) is 0 Å². The van der Waals surface area contributed by atoms with E-state index in [1.807, 2.05) is 43.3 Å². The Morgan fingerprint density at radius 2 is 1.76 bits per heavy atom. The van der Waals surface area contributed by atoms with Gasteiger partial charge in [0, 0.05) is 10.6 Å². The van der Waals surface area contributed by atoms with Gasteiger partial charge < -0.3 is 4.74 Å². The highest BCUT2D eigenvalue weighted by Gasteiger charge is 2.07. The maximum Gasteiger partial charge on any atom is 0.133 e. The Labute approximate surface area is 111 Å². The molecule has 0 heterocycles. The number of hydrogen-bond donors (Lipinski definition) is 0. The van der Waals surface area contributed by atoms with Crippen LogP contribution in [0.1, 0.15) is 11.1 Å². The molecule has 0 bridgehead atoms. The van der Waals surface area contributed by atoms with E-state index in [1.54, 1.807) is 6.07 Å². The van der Waals surface area contributed by atoms with Gasteiger partial charge in [-0.25, -0.2) is 0 Å². The largest absolute Gasteiger partial charge is 0.457 e. The first kappa shape index (κ1) is 12.3. The molecule has 17 heavy (non-hydrogen) atoms. The summed E-state index contributed by atoms with van der Waals surface area (Å²) < 4.78 is 5.77. The predicted octanol–water partition coefficient (Wildman–Crippen LogP) is 5.18. The van der Waals surface area contributed by atoms with Gasteiger partial charge in [0.25, 0.3) is 0 Å². The summed E-state index contributed by atoms with van der Waals surface area (Å²) >= 11 is 11.9. The molecule has 88 valence electrons. The van der Waals surface area contributed by atoms with Crippen molar-refractivity contribution in [1.29, 1.82) is 0 Å². The smallest absolute Gasteiger partial charge is 0.133 e. The van der Waals surface area contributed by atoms with Crippen molar-refractivity contribution in [2.45, 2.75) is 12.8 Å². The average molecular weight is 267 g/mol. The van der Waals surface area contributed by atoms with Crippen LogP contribution >= 0.6 is 23.2 Å². The van der Waals surface area contributed by atoms with Crippen molar-refractivity contribution in [1.82, 2.24) is 0 Å². The second-order valence-corrected chi connectivity index (χ2v) is 4.44. The maximum absolute atomic E-state index is 6.06. The summed E-state index contributed by atoms with van der Waals surface area (Å²) in [5, 5.41) is 0.629. The van der Waals surface area contributed by atoms with E-state index in [-0.39, 0.29) is 0 Å². The molecule has 2 aromatic carbocycles. The lowest BCUT2D eigenvalue weighted by Gasteiger charge is -2.10. The third-order valence-corrected chi connectivity index (χ3v) is 3.08. The molecule has 2 aromatic rings. The van der Waals surface area contributed by atoms with Crippen LogP contribution in [0.4, 0.5) is 0 Å². The summed E-state index contributed by atoms with van der Waals surface area (Å²) in [5.74, 6) is 1.82. The van der Waals surface area contributed by atoms with Crippen LogP contribution in [0.3, 0.4) is 0 Å². The van der Waals surface area contributed by atoms with Gasteiger partial charge in [-0.15, -0.1) is 11.6 Å². The first-order valence-corrected chi connectivity index (χ1v) is 6.20. The normalized spacial score (nSPS) is 10.3. The third kappa shape index (κ3) is 2.93. The molecule has 0 aliphatic heterocycles. The predicted molar refractivity (Wildman–Crippen MR) is 72.3 cm³/mol. The van der Waals surface area contributed by atoms with Crippen molar-refractivity contribution in [3.63, 3.8) is 0 Å². The van der Waals surface area contributed by atoms with Gasteiger partial charge in [0.1, 0.15) is 11.5 Å². The van der Waals surface area contributed by atoms with Crippen LogP contribution in [0, 0.1) is 6.92 Å². The van der Waals surface area contributed by atoms with Crippen LogP contribution in [0.2, 0.25) is 5.02 Å². The number of rotatable bonds is 3. The van der Waals surface area contributed by atoms with Gasteiger partial charge in [0.05, 0.1) is 5.88 Å². The highest BCUT2D eigenvalue weighted by atomic mass is 35.5. The van der Waals surface area contributed by atoms with E-state index in [9.17, 15) is 0 Å². The monoisotopic (exact) mass is 266 g/mol. The maximum atomic E-state index is 6.06. The van der Waals surface area contributed by atoms with Gasteiger partial charge in [-0.05, 0) is 31.2 Å². The number of benzene rings is 2. The van der Waals surface area contributed by atoms with Crippen LogP contribution in [0.25, 0.3) is 0 Å². The lowest BCUT2D eigenvalue weighted by atomic mass is 10.2. The number of alkyl halides is 1. The lowest BCUT2D eigenvalue weighted by molar-refractivity contribution is 0.478. The number of halogens is 2. The molecule has 2 rings (SSSR count). The topological polar surface area (TPSA) is 9.23 Å². The SMILES string of the molecule is Cc1ccc(Oc2cccc(Cl)c2CCl)cc1. The highest BCUT2D eigenvalue weighted by Crippen LogP contribution is 2.31. The molecule has 0 aliphatic rings. The number of hydrogen-bond acceptors (Lipinski definition) is 1. The first-order valence-electron chi connectivity index (χ1n) is 5.28. The summed E-state index contributed by atoms with van der Waals surface area (Å²) in [7, 11) is 0. The van der Waals surface area contributed by atoms with Crippen LogP contribution in [0.15, 0.2) is 42.5 Å². The first-order chi connectivity index (χ1) is 8.20. The minimum atomic E-state index is 0.334. The van der Waals surface area contributed by atoms with Crippen molar-refractivity contribution in [3.05, 3.63) is 58.6 Å². The molecule has 0 N–H and O–H groups in total. The molecule has 0 atom stereocenters. The molecule has 1 nitrogen and oxygen atoms in total. The quantitative estimate of drug-likeness (QED) is 0.696. The van der Waals surface area contributed by atoms with Crippen molar-refractivity contribution >= 4 is 23.2 Å². The zero-order valence-corrected chi connectivity index (χ0v) is 10.9. The van der Waals surface area contributed by atoms with Gasteiger partial charge in [-0.2, -0.15) is 0 Å². The Morgan fingerprint density at radius 3 is 2.41 bits per heavy atom. The summed E-state index contributed by atoms with van der Waals surface area (Å²) in [4.78, 5) is 0. The number of aryl methyl sites for hydroxylation is 1. The van der Waals surface area contributed by atoms with Crippen molar-refractivity contribution < 1.29 is 4.74 Å². The minimum Gasteiger partial charge on any atom is -0.457 e. The minimum absolute atomic E-state index is 0.334. The van der Waals surface area contributed by atoms with Gasteiger partial charge in [-0.1, -0.05) is 35.4 Å². The third-order valence-electron chi connectivity index (χ3n) is 2.46. The Hall–Kier alpha value is -1.18. The van der Waals surface area contributed by atoms with Gasteiger partial charge in [0.2, 0.25) is 0 Å². The molecule has 0 fully saturated rings. The second-order valence-electron chi connectivity index (χ2n) is 3.77. The van der Waals surface area contributed by atoms with E-state index in [1.165, 1.54) is 5.56 Å².